The number of carbonyl (C=O) groups is 1. The first-order chi connectivity index (χ1) is 14.4. The smallest absolute Gasteiger partial charge is 0.263 e. The summed E-state index contributed by atoms with van der Waals surface area (Å²) < 4.78 is 1.55. The summed E-state index contributed by atoms with van der Waals surface area (Å²) >= 11 is 1.54. The molecule has 0 spiro atoms. The number of aromatic nitrogens is 2. The van der Waals surface area contributed by atoms with Crippen molar-refractivity contribution in [2.45, 2.75) is 47.2 Å². The van der Waals surface area contributed by atoms with Gasteiger partial charge in [-0.25, -0.2) is 4.98 Å². The van der Waals surface area contributed by atoms with Crippen LogP contribution in [-0.2, 0) is 24.3 Å². The second kappa shape index (κ2) is 10.00. The third-order valence-corrected chi connectivity index (χ3v) is 6.61. The van der Waals surface area contributed by atoms with Gasteiger partial charge < -0.3 is 5.32 Å². The lowest BCUT2D eigenvalue weighted by Crippen LogP contribution is -2.37. The Morgan fingerprint density at radius 2 is 1.87 bits per heavy atom. The number of nitrogens with one attached hydrogen (secondary N) is 1. The molecule has 0 saturated carbocycles. The van der Waals surface area contributed by atoms with Crippen molar-refractivity contribution in [2.75, 3.05) is 19.6 Å². The Hall–Kier alpha value is -2.51. The second-order valence-corrected chi connectivity index (χ2v) is 8.63. The van der Waals surface area contributed by atoms with Gasteiger partial charge >= 0.3 is 0 Å². The molecule has 2 aromatic heterocycles. The van der Waals surface area contributed by atoms with Crippen LogP contribution in [0.25, 0.3) is 10.2 Å². The number of rotatable bonds is 9. The normalized spacial score (nSPS) is 11.4. The van der Waals surface area contributed by atoms with Crippen LogP contribution in [0.15, 0.2) is 35.1 Å². The number of benzene rings is 1. The summed E-state index contributed by atoms with van der Waals surface area (Å²) in [4.78, 5) is 34.8. The van der Waals surface area contributed by atoms with E-state index in [4.69, 9.17) is 4.98 Å². The molecule has 0 radical (unpaired) electrons. The molecule has 0 saturated heterocycles. The van der Waals surface area contributed by atoms with Crippen LogP contribution in [0.4, 0.5) is 0 Å². The second-order valence-electron chi connectivity index (χ2n) is 7.43. The van der Waals surface area contributed by atoms with Gasteiger partial charge in [0.1, 0.15) is 17.2 Å². The van der Waals surface area contributed by atoms with Crippen molar-refractivity contribution in [1.82, 2.24) is 19.8 Å². The van der Waals surface area contributed by atoms with E-state index in [1.807, 2.05) is 44.2 Å². The highest BCUT2D eigenvalue weighted by Gasteiger charge is 2.19. The van der Waals surface area contributed by atoms with Crippen molar-refractivity contribution in [3.05, 3.63) is 62.5 Å². The summed E-state index contributed by atoms with van der Waals surface area (Å²) in [6, 6.07) is 10.0. The van der Waals surface area contributed by atoms with Crippen molar-refractivity contribution >= 4 is 27.5 Å². The highest BCUT2D eigenvalue weighted by Crippen LogP contribution is 2.26. The van der Waals surface area contributed by atoms with E-state index >= 15 is 0 Å². The van der Waals surface area contributed by atoms with Gasteiger partial charge in [0.2, 0.25) is 5.91 Å². The first kappa shape index (κ1) is 22.2. The monoisotopic (exact) mass is 426 g/mol. The maximum absolute atomic E-state index is 13.3. The number of thiophene rings is 1. The Morgan fingerprint density at radius 1 is 1.17 bits per heavy atom. The molecule has 1 aromatic carbocycles. The van der Waals surface area contributed by atoms with Crippen LogP contribution in [0, 0.1) is 13.8 Å². The minimum atomic E-state index is -0.167. The van der Waals surface area contributed by atoms with Crippen LogP contribution < -0.4 is 10.9 Å². The number of carbonyl (C=O) groups excluding carboxylic acids is 1. The van der Waals surface area contributed by atoms with Crippen LogP contribution in [-0.4, -0.2) is 40.0 Å². The van der Waals surface area contributed by atoms with Crippen LogP contribution in [0.1, 0.15) is 35.7 Å². The Kier molecular flexibility index (Phi) is 7.39. The zero-order valence-corrected chi connectivity index (χ0v) is 19.0. The van der Waals surface area contributed by atoms with Gasteiger partial charge in [0.25, 0.3) is 5.56 Å². The Labute approximate surface area is 181 Å². The van der Waals surface area contributed by atoms with Crippen molar-refractivity contribution in [2.24, 2.45) is 0 Å². The Morgan fingerprint density at radius 3 is 2.53 bits per heavy atom. The molecule has 3 aromatic rings. The maximum Gasteiger partial charge on any atom is 0.263 e. The molecule has 0 aliphatic rings. The van der Waals surface area contributed by atoms with E-state index in [1.165, 1.54) is 5.56 Å². The largest absolute Gasteiger partial charge is 0.354 e. The lowest BCUT2D eigenvalue weighted by atomic mass is 10.1. The van der Waals surface area contributed by atoms with Crippen LogP contribution in [0.5, 0.6) is 0 Å². The molecule has 3 rings (SSSR count). The number of aryl methyl sites for hydroxylation is 2. The first-order valence-corrected chi connectivity index (χ1v) is 11.3. The van der Waals surface area contributed by atoms with E-state index in [0.29, 0.717) is 24.3 Å². The van der Waals surface area contributed by atoms with Crippen molar-refractivity contribution in [3.63, 3.8) is 0 Å². The zero-order valence-electron chi connectivity index (χ0n) is 18.2. The van der Waals surface area contributed by atoms with Gasteiger partial charge in [0, 0.05) is 11.4 Å². The Bertz CT molecular complexity index is 1070. The number of hydrogen-bond donors (Lipinski definition) is 1. The molecule has 0 unspecified atom stereocenters. The van der Waals surface area contributed by atoms with Gasteiger partial charge in [0.15, 0.2) is 0 Å². The Balaban J connectivity index is 1.84. The molecule has 0 atom stereocenters. The number of amides is 1. The lowest BCUT2D eigenvalue weighted by Gasteiger charge is -2.20. The van der Waals surface area contributed by atoms with E-state index in [2.05, 4.69) is 24.1 Å². The molecule has 160 valence electrons. The van der Waals surface area contributed by atoms with Gasteiger partial charge in [-0.3, -0.25) is 19.1 Å². The van der Waals surface area contributed by atoms with Crippen molar-refractivity contribution in [1.29, 1.82) is 0 Å². The fourth-order valence-corrected chi connectivity index (χ4v) is 4.53. The zero-order chi connectivity index (χ0) is 21.7. The first-order valence-electron chi connectivity index (χ1n) is 10.5. The summed E-state index contributed by atoms with van der Waals surface area (Å²) in [5.74, 6) is 0.482. The summed E-state index contributed by atoms with van der Waals surface area (Å²) in [5, 5.41) is 3.58. The average molecular weight is 427 g/mol. The van der Waals surface area contributed by atoms with Gasteiger partial charge in [-0.2, -0.15) is 0 Å². The number of hydrogen-bond acceptors (Lipinski definition) is 5. The molecule has 6 nitrogen and oxygen atoms in total. The van der Waals surface area contributed by atoms with Gasteiger partial charge in [-0.15, -0.1) is 11.3 Å². The maximum atomic E-state index is 13.3. The molecule has 0 aliphatic heterocycles. The third kappa shape index (κ3) is 4.96. The fourth-order valence-electron chi connectivity index (χ4n) is 3.49. The molecule has 1 amide bonds. The quantitative estimate of drug-likeness (QED) is 0.570. The number of fused-ring (bicyclic) bond motifs is 1. The van der Waals surface area contributed by atoms with Crippen molar-refractivity contribution < 1.29 is 4.79 Å². The summed E-state index contributed by atoms with van der Waals surface area (Å²) in [6.07, 6.45) is 0.758. The van der Waals surface area contributed by atoms with E-state index in [9.17, 15) is 9.59 Å². The molecule has 7 heteroatoms. The summed E-state index contributed by atoms with van der Waals surface area (Å²) in [7, 11) is 0. The van der Waals surface area contributed by atoms with Crippen LogP contribution in [0.2, 0.25) is 0 Å². The standard InChI is InChI=1S/C23H30N4O2S/c1-5-26(6-2)14-19-25-22-21(16(3)17(4)30-22)23(29)27(19)15-20(28)24-13-12-18-10-8-7-9-11-18/h7-11H,5-6,12-15H2,1-4H3,(H,24,28). The predicted octanol–water partition coefficient (Wildman–Crippen LogP) is 3.28. The molecule has 0 fully saturated rings. The van der Waals surface area contributed by atoms with E-state index in [-0.39, 0.29) is 18.0 Å². The van der Waals surface area contributed by atoms with Crippen LogP contribution >= 0.6 is 11.3 Å². The van der Waals surface area contributed by atoms with E-state index in [1.54, 1.807) is 15.9 Å². The molecule has 0 bridgehead atoms. The minimum absolute atomic E-state index is 0.0124. The highest BCUT2D eigenvalue weighted by molar-refractivity contribution is 7.18. The SMILES string of the molecule is CCN(CC)Cc1nc2sc(C)c(C)c2c(=O)n1CC(=O)NCCc1ccccc1. The molecule has 0 aliphatic carbocycles. The van der Waals surface area contributed by atoms with Crippen LogP contribution in [0.3, 0.4) is 0 Å². The van der Waals surface area contributed by atoms with Gasteiger partial charge in [-0.05, 0) is 44.5 Å². The topological polar surface area (TPSA) is 67.2 Å². The van der Waals surface area contributed by atoms with Gasteiger partial charge in [0.05, 0.1) is 11.9 Å². The van der Waals surface area contributed by atoms with Gasteiger partial charge in [-0.1, -0.05) is 44.2 Å². The lowest BCUT2D eigenvalue weighted by molar-refractivity contribution is -0.121. The summed E-state index contributed by atoms with van der Waals surface area (Å²) in [5.41, 5.74) is 2.01. The minimum Gasteiger partial charge on any atom is -0.354 e. The van der Waals surface area contributed by atoms with E-state index in [0.717, 1.165) is 34.8 Å². The third-order valence-electron chi connectivity index (χ3n) is 5.51. The van der Waals surface area contributed by atoms with E-state index < -0.39 is 0 Å². The fraction of sp³-hybridized carbons (Fsp3) is 0.435. The average Bonchev–Trinajstić information content (AvgIpc) is 3.03. The predicted molar refractivity (Wildman–Crippen MR) is 123 cm³/mol. The molecule has 2 heterocycles. The highest BCUT2D eigenvalue weighted by atomic mass is 32.1. The number of nitrogens with zero attached hydrogens (tertiary/aromatic N) is 3. The van der Waals surface area contributed by atoms with Crippen molar-refractivity contribution in [3.8, 4) is 0 Å². The molecular weight excluding hydrogens is 396 g/mol. The molecule has 30 heavy (non-hydrogen) atoms. The molecule has 1 N–H and O–H groups in total. The summed E-state index contributed by atoms with van der Waals surface area (Å²) in [6.45, 7) is 10.9. The molecular formula is C23H30N4O2S.